The number of hydrogen-bond donors (Lipinski definition) is 1. The Hall–Kier alpha value is 0.992. The maximum Gasteiger partial charge on any atom is 2.00 e. The molecule has 0 fully saturated rings. The number of aliphatic hydroxyl groups is 1. The Balaban J connectivity index is -0.000000142. The Morgan fingerprint density at radius 1 is 1.33 bits per heavy atom. The molecule has 0 aromatic heterocycles. The maximum atomic E-state index is 9.24. The molecular formula is C2H5ClO6P2Pd+2. The van der Waals surface area contributed by atoms with Crippen LogP contribution in [0, 0.1) is 0 Å². The zero-order valence-electron chi connectivity index (χ0n) is 5.49. The molecule has 0 spiro atoms. The van der Waals surface area contributed by atoms with E-state index >= 15 is 0 Å². The van der Waals surface area contributed by atoms with Gasteiger partial charge in [0.25, 0.3) is 0 Å². The minimum atomic E-state index is -3.24. The molecule has 0 heterocycles. The van der Waals surface area contributed by atoms with Crippen molar-refractivity contribution in [3.63, 3.8) is 0 Å². The molecule has 0 aromatic carbocycles. The minimum Gasteiger partial charge on any atom is -0.563 e. The molecule has 12 heavy (non-hydrogen) atoms. The van der Waals surface area contributed by atoms with E-state index in [4.69, 9.17) is 16.7 Å². The Morgan fingerprint density at radius 2 is 1.58 bits per heavy atom. The van der Waals surface area contributed by atoms with Crippen molar-refractivity contribution >= 4 is 28.1 Å². The minimum absolute atomic E-state index is 0. The van der Waals surface area contributed by atoms with Gasteiger partial charge in [-0.25, -0.2) is 0 Å². The molecule has 0 bridgehead atoms. The summed E-state index contributed by atoms with van der Waals surface area (Å²) >= 11 is 4.94. The SMILES string of the molecule is O=[P+]([O-])O[P+](=O)[O-].OCCCl.[Pd+2]. The largest absolute Gasteiger partial charge is 2.00 e. The fourth-order valence-electron chi connectivity index (χ4n) is 0.0544. The number of hydrogen-bond acceptors (Lipinski definition) is 6. The molecule has 2 unspecified atom stereocenters. The fraction of sp³-hybridized carbons (Fsp3) is 1.00. The number of alkyl halides is 1. The number of rotatable bonds is 3. The van der Waals surface area contributed by atoms with Crippen LogP contribution in [-0.4, -0.2) is 17.6 Å². The second-order valence-corrected chi connectivity index (χ2v) is 2.87. The van der Waals surface area contributed by atoms with Crippen molar-refractivity contribution in [1.29, 1.82) is 0 Å². The molecule has 0 saturated heterocycles. The van der Waals surface area contributed by atoms with Gasteiger partial charge in [-0.3, -0.25) is 0 Å². The van der Waals surface area contributed by atoms with Crippen LogP contribution in [0.15, 0.2) is 0 Å². The van der Waals surface area contributed by atoms with Gasteiger partial charge >= 0.3 is 36.9 Å². The maximum absolute atomic E-state index is 9.24. The van der Waals surface area contributed by atoms with Crippen molar-refractivity contribution in [2.75, 3.05) is 12.5 Å². The van der Waals surface area contributed by atoms with Crippen LogP contribution in [0.25, 0.3) is 0 Å². The van der Waals surface area contributed by atoms with Crippen molar-refractivity contribution < 1.29 is 48.8 Å². The van der Waals surface area contributed by atoms with Gasteiger partial charge in [0.2, 0.25) is 0 Å². The quantitative estimate of drug-likeness (QED) is 0.415. The zero-order valence-corrected chi connectivity index (χ0v) is 9.59. The summed E-state index contributed by atoms with van der Waals surface area (Å²) < 4.78 is 21.6. The number of aliphatic hydroxyl groups excluding tert-OH is 1. The van der Waals surface area contributed by atoms with Gasteiger partial charge in [0.05, 0.1) is 6.61 Å². The van der Waals surface area contributed by atoms with Gasteiger partial charge in [-0.15, -0.1) is 11.6 Å². The fourth-order valence-corrected chi connectivity index (χ4v) is 0.490. The molecule has 74 valence electrons. The van der Waals surface area contributed by atoms with E-state index in [1.165, 1.54) is 0 Å². The van der Waals surface area contributed by atoms with Gasteiger partial charge in [-0.1, -0.05) is 0 Å². The summed E-state index contributed by atoms with van der Waals surface area (Å²) in [5.41, 5.74) is 0. The van der Waals surface area contributed by atoms with Gasteiger partial charge in [-0.2, -0.15) is 0 Å². The van der Waals surface area contributed by atoms with Crippen LogP contribution in [0.3, 0.4) is 0 Å². The molecule has 2 atom stereocenters. The summed E-state index contributed by atoms with van der Waals surface area (Å²) in [6.45, 7) is 0.0849. The average molecular weight is 329 g/mol. The summed E-state index contributed by atoms with van der Waals surface area (Å²) in [5.74, 6) is 0.347. The van der Waals surface area contributed by atoms with E-state index in [1.807, 2.05) is 0 Å². The molecule has 0 aliphatic heterocycles. The molecule has 0 amide bonds. The van der Waals surface area contributed by atoms with Crippen LogP contribution in [0.2, 0.25) is 0 Å². The zero-order chi connectivity index (χ0) is 9.28. The smallest absolute Gasteiger partial charge is 0.563 e. The molecule has 6 nitrogen and oxygen atoms in total. The van der Waals surface area contributed by atoms with Crippen LogP contribution in [-0.2, 0) is 33.9 Å². The Bertz CT molecular complexity index is 119. The molecule has 10 heteroatoms. The Kier molecular flexibility index (Phi) is 22.6. The summed E-state index contributed by atoms with van der Waals surface area (Å²) in [4.78, 5) is 18.5. The van der Waals surface area contributed by atoms with Crippen molar-refractivity contribution in [2.45, 2.75) is 0 Å². The van der Waals surface area contributed by atoms with E-state index in [0.717, 1.165) is 0 Å². The summed E-state index contributed by atoms with van der Waals surface area (Å²) in [7, 11) is -6.47. The first-order valence-electron chi connectivity index (χ1n) is 2.18. The third-order valence-electron chi connectivity index (χ3n) is 0.218. The van der Waals surface area contributed by atoms with Crippen LogP contribution >= 0.6 is 28.1 Å². The van der Waals surface area contributed by atoms with Gasteiger partial charge in [0.1, 0.15) is 4.31 Å². The molecule has 0 aliphatic carbocycles. The normalized spacial score (nSPS) is 10.3. The van der Waals surface area contributed by atoms with E-state index in [9.17, 15) is 18.9 Å². The van der Waals surface area contributed by atoms with E-state index in [1.54, 1.807) is 0 Å². The third-order valence-corrected chi connectivity index (χ3v) is 1.45. The van der Waals surface area contributed by atoms with E-state index in [2.05, 4.69) is 4.31 Å². The van der Waals surface area contributed by atoms with Gasteiger partial charge in [0.15, 0.2) is 0 Å². The molecule has 0 radical (unpaired) electrons. The Morgan fingerprint density at radius 3 is 1.58 bits per heavy atom. The van der Waals surface area contributed by atoms with Crippen molar-refractivity contribution in [3.8, 4) is 0 Å². The first kappa shape index (κ1) is 18.7. The van der Waals surface area contributed by atoms with E-state index in [-0.39, 0.29) is 27.0 Å². The van der Waals surface area contributed by atoms with Crippen LogP contribution < -0.4 is 9.79 Å². The standard InChI is InChI=1S/C2H5ClO.O5P2.Pd/c3-1-2-4;1-6(2)5-7(3)4;/h4H,1-2H2;;/q;;+2. The van der Waals surface area contributed by atoms with Crippen molar-refractivity contribution in [3.05, 3.63) is 0 Å². The summed E-state index contributed by atoms with van der Waals surface area (Å²) in [6, 6.07) is 0. The predicted octanol–water partition coefficient (Wildman–Crippen LogP) is -0.747. The Labute approximate surface area is 89.4 Å². The van der Waals surface area contributed by atoms with Gasteiger partial charge in [0, 0.05) is 5.88 Å². The molecule has 0 saturated carbocycles. The topological polar surface area (TPSA) is 110 Å². The molecule has 1 N–H and O–H groups in total. The monoisotopic (exact) mass is 328 g/mol. The third kappa shape index (κ3) is 30.6. The van der Waals surface area contributed by atoms with Crippen LogP contribution in [0.4, 0.5) is 0 Å². The average Bonchev–Trinajstić information content (AvgIpc) is 1.85. The van der Waals surface area contributed by atoms with Gasteiger partial charge in [-0.05, 0) is 9.13 Å². The van der Waals surface area contributed by atoms with Crippen molar-refractivity contribution in [2.24, 2.45) is 0 Å². The van der Waals surface area contributed by atoms with E-state index in [0.29, 0.717) is 5.88 Å². The molecule has 0 aromatic rings. The first-order chi connectivity index (χ1) is 5.04. The molecular weight excluding hydrogens is 324 g/mol. The summed E-state index contributed by atoms with van der Waals surface area (Å²) in [6.07, 6.45) is 0. The van der Waals surface area contributed by atoms with Crippen LogP contribution in [0.1, 0.15) is 0 Å². The van der Waals surface area contributed by atoms with E-state index < -0.39 is 16.5 Å². The van der Waals surface area contributed by atoms with Crippen LogP contribution in [0.5, 0.6) is 0 Å². The summed E-state index contributed by atoms with van der Waals surface area (Å²) in [5, 5.41) is 7.74. The number of halogens is 1. The first-order valence-corrected chi connectivity index (χ1v) is 4.90. The second kappa shape index (κ2) is 14.5. The second-order valence-electron chi connectivity index (χ2n) is 0.941. The molecule has 0 rings (SSSR count). The van der Waals surface area contributed by atoms with Crippen molar-refractivity contribution in [1.82, 2.24) is 0 Å². The predicted molar refractivity (Wildman–Crippen MR) is 34.1 cm³/mol. The molecule has 0 aliphatic rings. The van der Waals surface area contributed by atoms with Gasteiger partial charge < -0.3 is 14.9 Å².